The Morgan fingerprint density at radius 2 is 0.897 bits per heavy atom. The Balaban J connectivity index is 1.56. The molecule has 29 heavy (non-hydrogen) atoms. The molecule has 0 fully saturated rings. The number of carbonyl (C=O) groups is 4. The minimum atomic E-state index is -0.342. The molecular weight excluding hydrogens is 368 g/mol. The number of hydrogen-bond donors (Lipinski definition) is 0. The van der Waals surface area contributed by atoms with Gasteiger partial charge in [0.15, 0.2) is 0 Å². The Hall–Kier alpha value is -3.80. The monoisotopic (exact) mass is 386 g/mol. The van der Waals surface area contributed by atoms with E-state index in [4.69, 9.17) is 0 Å². The van der Waals surface area contributed by atoms with E-state index in [0.717, 1.165) is 27.3 Å². The molecule has 2 aliphatic heterocycles. The first-order chi connectivity index (χ1) is 14.0. The third-order valence-corrected chi connectivity index (χ3v) is 5.13. The zero-order valence-electron chi connectivity index (χ0n) is 15.7. The first-order valence-electron chi connectivity index (χ1n) is 9.31. The van der Waals surface area contributed by atoms with Crippen molar-refractivity contribution in [2.75, 3.05) is 9.80 Å². The second-order valence-electron chi connectivity index (χ2n) is 6.83. The van der Waals surface area contributed by atoms with Gasteiger partial charge in [0.05, 0.1) is 11.4 Å². The normalized spacial score (nSPS) is 16.1. The van der Waals surface area contributed by atoms with E-state index in [0.29, 0.717) is 11.4 Å². The average Bonchev–Trinajstić information content (AvgIpc) is 3.24. The van der Waals surface area contributed by atoms with Gasteiger partial charge in [0.2, 0.25) is 0 Å². The maximum absolute atomic E-state index is 11.8. The van der Waals surface area contributed by atoms with Crippen molar-refractivity contribution in [1.29, 1.82) is 0 Å². The van der Waals surface area contributed by atoms with Crippen molar-refractivity contribution in [3.05, 3.63) is 84.0 Å². The van der Waals surface area contributed by atoms with Crippen molar-refractivity contribution < 1.29 is 19.2 Å². The topological polar surface area (TPSA) is 74.8 Å². The van der Waals surface area contributed by atoms with Crippen molar-refractivity contribution in [2.45, 2.75) is 19.3 Å². The van der Waals surface area contributed by atoms with E-state index in [-0.39, 0.29) is 29.5 Å². The van der Waals surface area contributed by atoms with E-state index in [1.54, 1.807) is 24.3 Å². The van der Waals surface area contributed by atoms with Gasteiger partial charge in [-0.25, -0.2) is 9.80 Å². The Kier molecular flexibility index (Phi) is 4.68. The van der Waals surface area contributed by atoms with Crippen molar-refractivity contribution >= 4 is 35.0 Å². The van der Waals surface area contributed by atoms with Crippen molar-refractivity contribution in [3.8, 4) is 0 Å². The second-order valence-corrected chi connectivity index (χ2v) is 6.83. The van der Waals surface area contributed by atoms with Crippen LogP contribution in [0.15, 0.2) is 72.8 Å². The van der Waals surface area contributed by atoms with Crippen LogP contribution in [0.5, 0.6) is 0 Å². The summed E-state index contributed by atoms with van der Waals surface area (Å²) in [7, 11) is 0. The molecule has 0 unspecified atom stereocenters. The van der Waals surface area contributed by atoms with Crippen molar-refractivity contribution in [3.63, 3.8) is 0 Å². The van der Waals surface area contributed by atoms with Crippen LogP contribution < -0.4 is 9.80 Å². The number of nitrogens with zero attached hydrogens (tertiary/aromatic N) is 2. The fourth-order valence-corrected chi connectivity index (χ4v) is 3.68. The van der Waals surface area contributed by atoms with Crippen LogP contribution >= 0.6 is 0 Å². The van der Waals surface area contributed by atoms with Crippen LogP contribution in [0.2, 0.25) is 0 Å². The van der Waals surface area contributed by atoms with Crippen LogP contribution in [0.25, 0.3) is 0 Å². The van der Waals surface area contributed by atoms with Crippen LogP contribution in [0.4, 0.5) is 11.4 Å². The molecule has 0 saturated carbocycles. The predicted molar refractivity (Wildman–Crippen MR) is 108 cm³/mol. The molecule has 0 aliphatic carbocycles. The molecular formula is C23H18N2O4. The van der Waals surface area contributed by atoms with Gasteiger partial charge in [0, 0.05) is 30.2 Å². The van der Waals surface area contributed by atoms with Crippen LogP contribution in [0.3, 0.4) is 0 Å². The third kappa shape index (κ3) is 3.29. The smallest absolute Gasteiger partial charge is 0.258 e. The molecule has 0 bridgehead atoms. The van der Waals surface area contributed by atoms with Gasteiger partial charge in [-0.05, 0) is 41.8 Å². The van der Waals surface area contributed by atoms with Gasteiger partial charge in [-0.15, -0.1) is 0 Å². The summed E-state index contributed by atoms with van der Waals surface area (Å²) in [6.07, 6.45) is 5.89. The standard InChI is InChI=1S/C23H18N2O4/c1-2-19(15-3-7-17(8-4-15)24-20(26)11-12-21(24)27)16-5-9-18(10-6-16)25-22(28)13-14-23(25)29/h3-14,19H,2H2,1H3. The van der Waals surface area contributed by atoms with E-state index < -0.39 is 0 Å². The Morgan fingerprint density at radius 1 is 0.586 bits per heavy atom. The van der Waals surface area contributed by atoms with Gasteiger partial charge >= 0.3 is 0 Å². The number of carbonyl (C=O) groups excluding carboxylic acids is 4. The lowest BCUT2D eigenvalue weighted by molar-refractivity contribution is -0.121. The first-order valence-corrected chi connectivity index (χ1v) is 9.31. The summed E-state index contributed by atoms with van der Waals surface area (Å²) in [6, 6.07) is 14.7. The Labute approximate surface area is 167 Å². The number of benzene rings is 2. The van der Waals surface area contributed by atoms with Gasteiger partial charge in [0.1, 0.15) is 0 Å². The third-order valence-electron chi connectivity index (χ3n) is 5.13. The minimum absolute atomic E-state index is 0.101. The predicted octanol–water partition coefficient (Wildman–Crippen LogP) is 3.09. The number of imide groups is 2. The van der Waals surface area contributed by atoms with E-state index in [2.05, 4.69) is 6.92 Å². The quantitative estimate of drug-likeness (QED) is 0.740. The highest BCUT2D eigenvalue weighted by atomic mass is 16.2. The molecule has 2 aliphatic rings. The molecule has 2 aromatic carbocycles. The summed E-state index contributed by atoms with van der Waals surface area (Å²) >= 11 is 0. The number of hydrogen-bond acceptors (Lipinski definition) is 4. The zero-order chi connectivity index (χ0) is 20.5. The lowest BCUT2D eigenvalue weighted by Gasteiger charge is -2.20. The van der Waals surface area contributed by atoms with Gasteiger partial charge in [-0.3, -0.25) is 19.2 Å². The van der Waals surface area contributed by atoms with Gasteiger partial charge in [-0.2, -0.15) is 0 Å². The highest BCUT2D eigenvalue weighted by molar-refractivity contribution is 6.28. The second kappa shape index (κ2) is 7.31. The van der Waals surface area contributed by atoms with E-state index in [9.17, 15) is 19.2 Å². The lowest BCUT2D eigenvalue weighted by Crippen LogP contribution is -2.29. The zero-order valence-corrected chi connectivity index (χ0v) is 15.7. The van der Waals surface area contributed by atoms with E-state index in [1.165, 1.54) is 24.3 Å². The molecule has 0 spiro atoms. The van der Waals surface area contributed by atoms with Gasteiger partial charge in [-0.1, -0.05) is 31.2 Å². The van der Waals surface area contributed by atoms with Crippen LogP contribution in [0, 0.1) is 0 Å². The SMILES string of the molecule is CCC(c1ccc(N2C(=O)C=CC2=O)cc1)c1ccc(N2C(=O)C=CC2=O)cc1. The summed E-state index contributed by atoms with van der Waals surface area (Å²) in [5.74, 6) is -1.27. The molecule has 0 radical (unpaired) electrons. The molecule has 4 rings (SSSR count). The van der Waals surface area contributed by atoms with Crippen LogP contribution in [0.1, 0.15) is 30.4 Å². The maximum Gasteiger partial charge on any atom is 0.258 e. The highest BCUT2D eigenvalue weighted by Gasteiger charge is 2.26. The molecule has 144 valence electrons. The first kappa shape index (κ1) is 18.6. The molecule has 2 aromatic rings. The van der Waals surface area contributed by atoms with Crippen molar-refractivity contribution in [1.82, 2.24) is 0 Å². The summed E-state index contributed by atoms with van der Waals surface area (Å²) in [4.78, 5) is 49.6. The molecule has 6 heteroatoms. The molecule has 2 heterocycles. The lowest BCUT2D eigenvalue weighted by atomic mass is 9.89. The maximum atomic E-state index is 11.8. The fourth-order valence-electron chi connectivity index (χ4n) is 3.68. The summed E-state index contributed by atoms with van der Waals surface area (Å²) < 4.78 is 0. The molecule has 0 aromatic heterocycles. The number of rotatable bonds is 5. The van der Waals surface area contributed by atoms with Crippen LogP contribution in [-0.4, -0.2) is 23.6 Å². The number of amides is 4. The highest BCUT2D eigenvalue weighted by Crippen LogP contribution is 2.31. The molecule has 0 saturated heterocycles. The van der Waals surface area contributed by atoms with Gasteiger partial charge < -0.3 is 0 Å². The molecule has 0 N–H and O–H groups in total. The Bertz CT molecular complexity index is 944. The van der Waals surface area contributed by atoms with E-state index in [1.807, 2.05) is 24.3 Å². The van der Waals surface area contributed by atoms with E-state index >= 15 is 0 Å². The summed E-state index contributed by atoms with van der Waals surface area (Å²) in [5.41, 5.74) is 3.17. The Morgan fingerprint density at radius 3 is 1.17 bits per heavy atom. The fraction of sp³-hybridized carbons (Fsp3) is 0.130. The summed E-state index contributed by atoms with van der Waals surface area (Å²) in [6.45, 7) is 2.07. The average molecular weight is 386 g/mol. The summed E-state index contributed by atoms with van der Waals surface area (Å²) in [5, 5.41) is 0. The van der Waals surface area contributed by atoms with Crippen molar-refractivity contribution in [2.24, 2.45) is 0 Å². The molecule has 6 nitrogen and oxygen atoms in total. The largest absolute Gasteiger partial charge is 0.269 e. The number of anilines is 2. The minimum Gasteiger partial charge on any atom is -0.269 e. The van der Waals surface area contributed by atoms with Gasteiger partial charge in [0.25, 0.3) is 23.6 Å². The molecule has 0 atom stereocenters. The molecule has 4 amide bonds. The van der Waals surface area contributed by atoms with Crippen LogP contribution in [-0.2, 0) is 19.2 Å².